The molecule has 1 aromatic carbocycles. The van der Waals surface area contributed by atoms with Gasteiger partial charge in [-0.05, 0) is 56.0 Å². The lowest BCUT2D eigenvalue weighted by Gasteiger charge is -2.37. The standard InChI is InChI=1S/C18H29N/c1-5-19-18(16-8-6-7-13(2)10-16)17-11-14(3)9-15(4)12-17/h6-8,10,14-15,17-19H,5,9,11-12H2,1-4H3. The van der Waals surface area contributed by atoms with Gasteiger partial charge in [0.25, 0.3) is 0 Å². The highest BCUT2D eigenvalue weighted by Gasteiger charge is 2.30. The van der Waals surface area contributed by atoms with E-state index < -0.39 is 0 Å². The van der Waals surface area contributed by atoms with Crippen molar-refractivity contribution in [1.29, 1.82) is 0 Å². The van der Waals surface area contributed by atoms with Crippen molar-refractivity contribution in [2.24, 2.45) is 17.8 Å². The monoisotopic (exact) mass is 259 g/mol. The SMILES string of the molecule is CCNC(c1cccc(C)c1)C1CC(C)CC(C)C1. The summed E-state index contributed by atoms with van der Waals surface area (Å²) >= 11 is 0. The Kier molecular flexibility index (Phi) is 5.04. The van der Waals surface area contributed by atoms with E-state index in [0.29, 0.717) is 6.04 Å². The Bertz CT molecular complexity index is 388. The molecule has 1 N–H and O–H groups in total. The van der Waals surface area contributed by atoms with E-state index in [9.17, 15) is 0 Å². The average molecular weight is 259 g/mol. The summed E-state index contributed by atoms with van der Waals surface area (Å²) < 4.78 is 0. The fourth-order valence-electron chi connectivity index (χ4n) is 3.92. The highest BCUT2D eigenvalue weighted by molar-refractivity contribution is 5.25. The van der Waals surface area contributed by atoms with Crippen molar-refractivity contribution < 1.29 is 0 Å². The molecule has 106 valence electrons. The summed E-state index contributed by atoms with van der Waals surface area (Å²) in [5, 5.41) is 3.74. The number of benzene rings is 1. The van der Waals surface area contributed by atoms with Crippen LogP contribution in [0.2, 0.25) is 0 Å². The highest BCUT2D eigenvalue weighted by Crippen LogP contribution is 2.39. The van der Waals surface area contributed by atoms with Crippen molar-refractivity contribution in [3.8, 4) is 0 Å². The second-order valence-corrected chi connectivity index (χ2v) is 6.63. The first-order valence-electron chi connectivity index (χ1n) is 7.90. The van der Waals surface area contributed by atoms with Gasteiger partial charge in [0.1, 0.15) is 0 Å². The van der Waals surface area contributed by atoms with E-state index in [-0.39, 0.29) is 0 Å². The lowest BCUT2D eigenvalue weighted by atomic mass is 9.72. The first kappa shape index (κ1) is 14.6. The van der Waals surface area contributed by atoms with Crippen molar-refractivity contribution >= 4 is 0 Å². The Morgan fingerprint density at radius 3 is 2.42 bits per heavy atom. The third-order valence-electron chi connectivity index (χ3n) is 4.51. The molecule has 0 saturated heterocycles. The summed E-state index contributed by atoms with van der Waals surface area (Å²) in [7, 11) is 0. The number of aryl methyl sites for hydroxylation is 1. The van der Waals surface area contributed by atoms with Crippen LogP contribution in [0.15, 0.2) is 24.3 Å². The Labute approximate surface area is 118 Å². The zero-order valence-electron chi connectivity index (χ0n) is 12.9. The second-order valence-electron chi connectivity index (χ2n) is 6.63. The third-order valence-corrected chi connectivity index (χ3v) is 4.51. The van der Waals surface area contributed by atoms with Gasteiger partial charge in [-0.15, -0.1) is 0 Å². The van der Waals surface area contributed by atoms with Crippen molar-refractivity contribution in [3.63, 3.8) is 0 Å². The van der Waals surface area contributed by atoms with Crippen LogP contribution < -0.4 is 5.32 Å². The maximum Gasteiger partial charge on any atom is 0.0348 e. The average Bonchev–Trinajstić information content (AvgIpc) is 2.34. The number of rotatable bonds is 4. The summed E-state index contributed by atoms with van der Waals surface area (Å²) in [5.74, 6) is 2.54. The van der Waals surface area contributed by atoms with Gasteiger partial charge >= 0.3 is 0 Å². The van der Waals surface area contributed by atoms with Gasteiger partial charge in [0.05, 0.1) is 0 Å². The van der Waals surface area contributed by atoms with Crippen LogP contribution in [0, 0.1) is 24.7 Å². The van der Waals surface area contributed by atoms with E-state index in [0.717, 1.165) is 24.3 Å². The van der Waals surface area contributed by atoms with E-state index in [4.69, 9.17) is 0 Å². The molecule has 0 heterocycles. The van der Waals surface area contributed by atoms with E-state index >= 15 is 0 Å². The Morgan fingerprint density at radius 2 is 1.84 bits per heavy atom. The van der Waals surface area contributed by atoms with Crippen LogP contribution in [0.5, 0.6) is 0 Å². The van der Waals surface area contributed by atoms with Crippen molar-refractivity contribution in [2.45, 2.75) is 53.0 Å². The van der Waals surface area contributed by atoms with Crippen LogP contribution in [0.1, 0.15) is 57.2 Å². The molecule has 3 unspecified atom stereocenters. The molecule has 0 bridgehead atoms. The van der Waals surface area contributed by atoms with Crippen molar-refractivity contribution in [3.05, 3.63) is 35.4 Å². The number of nitrogens with one attached hydrogen (secondary N) is 1. The summed E-state index contributed by atoms with van der Waals surface area (Å²) in [4.78, 5) is 0. The van der Waals surface area contributed by atoms with Gasteiger partial charge in [0, 0.05) is 6.04 Å². The van der Waals surface area contributed by atoms with Gasteiger partial charge in [-0.3, -0.25) is 0 Å². The topological polar surface area (TPSA) is 12.0 Å². The van der Waals surface area contributed by atoms with E-state index in [1.807, 2.05) is 0 Å². The fraction of sp³-hybridized carbons (Fsp3) is 0.667. The molecule has 3 atom stereocenters. The quantitative estimate of drug-likeness (QED) is 0.825. The maximum absolute atomic E-state index is 3.74. The predicted molar refractivity (Wildman–Crippen MR) is 83.3 cm³/mol. The molecule has 1 fully saturated rings. The molecule has 0 spiro atoms. The molecule has 1 aliphatic rings. The van der Waals surface area contributed by atoms with Gasteiger partial charge in [-0.1, -0.05) is 50.6 Å². The smallest absolute Gasteiger partial charge is 0.0348 e. The van der Waals surface area contributed by atoms with Crippen molar-refractivity contribution in [2.75, 3.05) is 6.54 Å². The Balaban J connectivity index is 2.19. The summed E-state index contributed by atoms with van der Waals surface area (Å²) in [5.41, 5.74) is 2.85. The van der Waals surface area contributed by atoms with Crippen LogP contribution in [0.25, 0.3) is 0 Å². The van der Waals surface area contributed by atoms with Gasteiger partial charge in [-0.25, -0.2) is 0 Å². The van der Waals surface area contributed by atoms with Gasteiger partial charge < -0.3 is 5.32 Å². The molecular weight excluding hydrogens is 230 g/mol. The normalized spacial score (nSPS) is 29.2. The molecule has 1 aliphatic carbocycles. The lowest BCUT2D eigenvalue weighted by Crippen LogP contribution is -2.33. The molecule has 0 aromatic heterocycles. The molecule has 1 heteroatoms. The highest BCUT2D eigenvalue weighted by atomic mass is 14.9. The molecular formula is C18H29N. The minimum Gasteiger partial charge on any atom is -0.310 e. The van der Waals surface area contributed by atoms with Crippen LogP contribution in [-0.4, -0.2) is 6.54 Å². The van der Waals surface area contributed by atoms with Gasteiger partial charge in [-0.2, -0.15) is 0 Å². The molecule has 19 heavy (non-hydrogen) atoms. The first-order valence-corrected chi connectivity index (χ1v) is 7.90. The minimum absolute atomic E-state index is 0.537. The number of hydrogen-bond acceptors (Lipinski definition) is 1. The van der Waals surface area contributed by atoms with Crippen molar-refractivity contribution in [1.82, 2.24) is 5.32 Å². The molecule has 1 saturated carbocycles. The number of hydrogen-bond donors (Lipinski definition) is 1. The minimum atomic E-state index is 0.537. The van der Waals surface area contributed by atoms with E-state index in [2.05, 4.69) is 57.3 Å². The zero-order valence-corrected chi connectivity index (χ0v) is 12.9. The zero-order chi connectivity index (χ0) is 13.8. The van der Waals surface area contributed by atoms with Gasteiger partial charge in [0.15, 0.2) is 0 Å². The third kappa shape index (κ3) is 3.82. The molecule has 0 amide bonds. The Hall–Kier alpha value is -0.820. The largest absolute Gasteiger partial charge is 0.310 e. The second kappa shape index (κ2) is 6.56. The molecule has 0 aliphatic heterocycles. The first-order chi connectivity index (χ1) is 9.10. The lowest BCUT2D eigenvalue weighted by molar-refractivity contribution is 0.177. The molecule has 1 nitrogen and oxygen atoms in total. The van der Waals surface area contributed by atoms with Crippen LogP contribution in [-0.2, 0) is 0 Å². The molecule has 0 radical (unpaired) electrons. The molecule has 1 aromatic rings. The van der Waals surface area contributed by atoms with E-state index in [1.165, 1.54) is 30.4 Å². The molecule has 2 rings (SSSR count). The maximum atomic E-state index is 3.74. The summed E-state index contributed by atoms with van der Waals surface area (Å²) in [6.07, 6.45) is 4.15. The van der Waals surface area contributed by atoms with Gasteiger partial charge in [0.2, 0.25) is 0 Å². The Morgan fingerprint density at radius 1 is 1.16 bits per heavy atom. The fourth-order valence-corrected chi connectivity index (χ4v) is 3.92. The van der Waals surface area contributed by atoms with E-state index in [1.54, 1.807) is 0 Å². The van der Waals surface area contributed by atoms with Crippen LogP contribution >= 0.6 is 0 Å². The van der Waals surface area contributed by atoms with Crippen LogP contribution in [0.4, 0.5) is 0 Å². The summed E-state index contributed by atoms with van der Waals surface area (Å²) in [6, 6.07) is 9.58. The predicted octanol–water partition coefficient (Wildman–Crippen LogP) is 4.72. The summed E-state index contributed by atoms with van der Waals surface area (Å²) in [6.45, 7) is 10.3. The van der Waals surface area contributed by atoms with Crippen LogP contribution in [0.3, 0.4) is 0 Å².